The van der Waals surface area contributed by atoms with Crippen LogP contribution >= 0.6 is 11.5 Å². The maximum absolute atomic E-state index is 13.6. The Morgan fingerprint density at radius 1 is 1.25 bits per heavy atom. The smallest absolute Gasteiger partial charge is 0.123 e. The molecule has 0 radical (unpaired) electrons. The summed E-state index contributed by atoms with van der Waals surface area (Å²) in [5.74, 6) is -0.213. The first-order chi connectivity index (χ1) is 9.32. The van der Waals surface area contributed by atoms with E-state index >= 15 is 0 Å². The predicted molar refractivity (Wildman–Crippen MR) is 80.6 cm³/mol. The minimum atomic E-state index is -0.213. The first-order valence-electron chi connectivity index (χ1n) is 6.60. The quantitative estimate of drug-likeness (QED) is 0.939. The summed E-state index contributed by atoms with van der Waals surface area (Å²) >= 11 is 1.37. The van der Waals surface area contributed by atoms with Crippen molar-refractivity contribution < 1.29 is 4.39 Å². The van der Waals surface area contributed by atoms with Gasteiger partial charge in [-0.25, -0.2) is 4.39 Å². The zero-order chi connectivity index (χ0) is 14.9. The second kappa shape index (κ2) is 5.58. The molecule has 1 heterocycles. The molecule has 0 fully saturated rings. The Hall–Kier alpha value is -1.33. The summed E-state index contributed by atoms with van der Waals surface area (Å²) in [6.07, 6.45) is 0. The van der Waals surface area contributed by atoms with Gasteiger partial charge in [0.25, 0.3) is 0 Å². The van der Waals surface area contributed by atoms with E-state index in [0.29, 0.717) is 0 Å². The molecule has 1 unspecified atom stereocenters. The summed E-state index contributed by atoms with van der Waals surface area (Å²) in [4.78, 5) is 1.05. The molecule has 3 nitrogen and oxygen atoms in total. The van der Waals surface area contributed by atoms with Crippen LogP contribution in [0.4, 0.5) is 4.39 Å². The molecule has 5 heteroatoms. The van der Waals surface area contributed by atoms with E-state index in [9.17, 15) is 4.39 Å². The van der Waals surface area contributed by atoms with E-state index in [0.717, 1.165) is 21.7 Å². The van der Waals surface area contributed by atoms with Crippen molar-refractivity contribution >= 4 is 11.5 Å². The predicted octanol–water partition coefficient (Wildman–Crippen LogP) is 3.59. The zero-order valence-electron chi connectivity index (χ0n) is 12.5. The van der Waals surface area contributed by atoms with Crippen molar-refractivity contribution in [2.45, 2.75) is 39.2 Å². The van der Waals surface area contributed by atoms with Crippen LogP contribution in [-0.4, -0.2) is 16.6 Å². The van der Waals surface area contributed by atoms with Crippen molar-refractivity contribution in [2.24, 2.45) is 0 Å². The van der Waals surface area contributed by atoms with Crippen LogP contribution in [0.3, 0.4) is 0 Å². The first-order valence-corrected chi connectivity index (χ1v) is 7.37. The first kappa shape index (κ1) is 15.1. The van der Waals surface area contributed by atoms with Gasteiger partial charge in [0.05, 0.1) is 16.6 Å². The van der Waals surface area contributed by atoms with Crippen LogP contribution in [0.2, 0.25) is 0 Å². The van der Waals surface area contributed by atoms with Crippen molar-refractivity contribution in [3.8, 4) is 0 Å². The molecule has 0 amide bonds. The average molecular weight is 293 g/mol. The minimum absolute atomic E-state index is 0.0835. The summed E-state index contributed by atoms with van der Waals surface area (Å²) < 4.78 is 17.7. The lowest BCUT2D eigenvalue weighted by Crippen LogP contribution is -2.22. The van der Waals surface area contributed by atoms with Crippen molar-refractivity contribution in [3.05, 3.63) is 45.7 Å². The highest BCUT2D eigenvalue weighted by molar-refractivity contribution is 7.05. The topological polar surface area (TPSA) is 37.8 Å². The Morgan fingerprint density at radius 2 is 1.95 bits per heavy atom. The Morgan fingerprint density at radius 3 is 2.50 bits per heavy atom. The zero-order valence-corrected chi connectivity index (χ0v) is 13.3. The molecule has 20 heavy (non-hydrogen) atoms. The van der Waals surface area contributed by atoms with Crippen LogP contribution < -0.4 is 5.32 Å². The molecule has 2 aromatic rings. The number of aromatic nitrogens is 2. The molecule has 0 aliphatic heterocycles. The fraction of sp³-hybridized carbons (Fsp3) is 0.467. The van der Waals surface area contributed by atoms with Gasteiger partial charge in [0, 0.05) is 5.41 Å². The lowest BCUT2D eigenvalue weighted by Gasteiger charge is -2.22. The highest BCUT2D eigenvalue weighted by Gasteiger charge is 2.27. The number of aryl methyl sites for hydroxylation is 1. The number of halogens is 1. The van der Waals surface area contributed by atoms with Crippen LogP contribution in [0.15, 0.2) is 18.2 Å². The van der Waals surface area contributed by atoms with Crippen LogP contribution in [0.5, 0.6) is 0 Å². The molecule has 0 spiro atoms. The van der Waals surface area contributed by atoms with Crippen LogP contribution in [0.1, 0.15) is 48.5 Å². The second-order valence-electron chi connectivity index (χ2n) is 6.02. The third-order valence-electron chi connectivity index (χ3n) is 3.17. The van der Waals surface area contributed by atoms with E-state index in [1.54, 1.807) is 6.07 Å². The molecule has 1 aromatic heterocycles. The second-order valence-corrected chi connectivity index (χ2v) is 6.81. The SMILES string of the molecule is CNC(c1cc(C)cc(F)c1)c1snnc1C(C)(C)C. The highest BCUT2D eigenvalue weighted by Crippen LogP contribution is 2.33. The van der Waals surface area contributed by atoms with E-state index < -0.39 is 0 Å². The van der Waals surface area contributed by atoms with Crippen molar-refractivity contribution in [1.29, 1.82) is 0 Å². The fourth-order valence-corrected chi connectivity index (χ4v) is 3.29. The van der Waals surface area contributed by atoms with Gasteiger partial charge in [-0.3, -0.25) is 0 Å². The molecule has 0 aliphatic carbocycles. The molecule has 0 aliphatic rings. The van der Waals surface area contributed by atoms with Crippen molar-refractivity contribution in [3.63, 3.8) is 0 Å². The number of nitrogens with one attached hydrogen (secondary N) is 1. The highest BCUT2D eigenvalue weighted by atomic mass is 32.1. The van der Waals surface area contributed by atoms with Gasteiger partial charge in [0.2, 0.25) is 0 Å². The van der Waals surface area contributed by atoms with Gasteiger partial charge < -0.3 is 5.32 Å². The van der Waals surface area contributed by atoms with Gasteiger partial charge >= 0.3 is 0 Å². The van der Waals surface area contributed by atoms with Gasteiger partial charge in [0.1, 0.15) is 5.82 Å². The molecular formula is C15H20FN3S. The van der Waals surface area contributed by atoms with Gasteiger partial charge in [-0.2, -0.15) is 0 Å². The molecule has 0 saturated heterocycles. The monoisotopic (exact) mass is 293 g/mol. The van der Waals surface area contributed by atoms with Crippen molar-refractivity contribution in [2.75, 3.05) is 7.05 Å². The van der Waals surface area contributed by atoms with E-state index in [1.807, 2.05) is 20.0 Å². The Labute approximate surface area is 123 Å². The number of benzene rings is 1. The normalized spacial score (nSPS) is 13.5. The van der Waals surface area contributed by atoms with Crippen LogP contribution in [0, 0.1) is 12.7 Å². The number of hydrogen-bond acceptors (Lipinski definition) is 4. The fourth-order valence-electron chi connectivity index (χ4n) is 2.29. The largest absolute Gasteiger partial charge is 0.309 e. The third-order valence-corrected chi connectivity index (χ3v) is 3.96. The lowest BCUT2D eigenvalue weighted by molar-refractivity contribution is 0.548. The summed E-state index contributed by atoms with van der Waals surface area (Å²) in [7, 11) is 1.87. The van der Waals surface area contributed by atoms with E-state index in [-0.39, 0.29) is 17.3 Å². The number of rotatable bonds is 3. The van der Waals surface area contributed by atoms with Crippen LogP contribution in [-0.2, 0) is 5.41 Å². The maximum atomic E-state index is 13.6. The van der Waals surface area contributed by atoms with Gasteiger partial charge in [-0.05, 0) is 48.8 Å². The van der Waals surface area contributed by atoms with Gasteiger partial charge in [-0.15, -0.1) is 5.10 Å². The Bertz CT molecular complexity index is 581. The van der Waals surface area contributed by atoms with Crippen LogP contribution in [0.25, 0.3) is 0 Å². The molecule has 108 valence electrons. The summed E-state index contributed by atoms with van der Waals surface area (Å²) in [5.41, 5.74) is 2.69. The average Bonchev–Trinajstić information content (AvgIpc) is 2.77. The Kier molecular flexibility index (Phi) is 4.20. The third kappa shape index (κ3) is 3.04. The van der Waals surface area contributed by atoms with Gasteiger partial charge in [-0.1, -0.05) is 31.3 Å². The number of nitrogens with zero attached hydrogens (tertiary/aromatic N) is 2. The molecular weight excluding hydrogens is 273 g/mol. The molecule has 1 atom stereocenters. The Balaban J connectivity index is 2.50. The summed E-state index contributed by atoms with van der Waals surface area (Å²) in [6, 6.07) is 5.02. The number of hydrogen-bond donors (Lipinski definition) is 1. The van der Waals surface area contributed by atoms with E-state index in [4.69, 9.17) is 0 Å². The minimum Gasteiger partial charge on any atom is -0.309 e. The summed E-state index contributed by atoms with van der Waals surface area (Å²) in [5, 5.41) is 7.51. The van der Waals surface area contributed by atoms with E-state index in [1.165, 1.54) is 17.6 Å². The van der Waals surface area contributed by atoms with Gasteiger partial charge in [0.15, 0.2) is 0 Å². The van der Waals surface area contributed by atoms with Crippen molar-refractivity contribution in [1.82, 2.24) is 14.9 Å². The van der Waals surface area contributed by atoms with E-state index in [2.05, 4.69) is 35.7 Å². The maximum Gasteiger partial charge on any atom is 0.123 e. The molecule has 0 saturated carbocycles. The summed E-state index contributed by atoms with van der Waals surface area (Å²) in [6.45, 7) is 8.22. The molecule has 1 N–H and O–H groups in total. The standard InChI is InChI=1S/C15H20FN3S/c1-9-6-10(8-11(16)7-9)12(17-5)13-14(15(2,3)4)18-19-20-13/h6-8,12,17H,1-5H3. The molecule has 0 bridgehead atoms. The molecule has 1 aromatic carbocycles. The molecule has 2 rings (SSSR count). The lowest BCUT2D eigenvalue weighted by atomic mass is 9.88.